The van der Waals surface area contributed by atoms with Gasteiger partial charge in [-0.1, -0.05) is 51.3 Å². The highest BCUT2D eigenvalue weighted by Crippen LogP contribution is 2.25. The average molecular weight is 472 g/mol. The van der Waals surface area contributed by atoms with Crippen LogP contribution < -0.4 is 15.1 Å². The number of ether oxygens (including phenoxy) is 1. The first-order valence-electron chi connectivity index (χ1n) is 11.0. The fourth-order valence-corrected chi connectivity index (χ4v) is 4.81. The molecule has 0 aliphatic carbocycles. The largest absolute Gasteiger partial charge is 0.425 e. The molecule has 7 nitrogen and oxygen atoms in total. The van der Waals surface area contributed by atoms with Crippen LogP contribution in [0.2, 0.25) is 0 Å². The minimum Gasteiger partial charge on any atom is -0.425 e. The number of hydrogen-bond donors (Lipinski definition) is 1. The quantitative estimate of drug-likeness (QED) is 0.283. The topological polar surface area (TPSA) is 103 Å². The predicted octanol–water partition coefficient (Wildman–Crippen LogP) is 4.35. The fourth-order valence-electron chi connectivity index (χ4n) is 3.51. The van der Waals surface area contributed by atoms with Crippen LogP contribution in [0.25, 0.3) is 11.0 Å². The summed E-state index contributed by atoms with van der Waals surface area (Å²) < 4.78 is 39.1. The van der Waals surface area contributed by atoms with Crippen molar-refractivity contribution in [1.82, 2.24) is 4.72 Å². The Kier molecular flexibility index (Phi) is 7.71. The molecule has 3 rings (SSSR count). The molecule has 33 heavy (non-hydrogen) atoms. The maximum Gasteiger partial charge on any atom is 0.336 e. The van der Waals surface area contributed by atoms with E-state index in [1.807, 2.05) is 20.8 Å². The second kappa shape index (κ2) is 10.3. The van der Waals surface area contributed by atoms with E-state index in [0.717, 1.165) is 29.4 Å². The van der Waals surface area contributed by atoms with Crippen molar-refractivity contribution < 1.29 is 22.4 Å². The zero-order valence-corrected chi connectivity index (χ0v) is 20.1. The summed E-state index contributed by atoms with van der Waals surface area (Å²) in [6.45, 7) is 7.52. The molecule has 8 heteroatoms. The molecule has 0 saturated heterocycles. The molecular weight excluding hydrogens is 442 g/mol. The van der Waals surface area contributed by atoms with Gasteiger partial charge in [-0.05, 0) is 49.1 Å². The lowest BCUT2D eigenvalue weighted by Crippen LogP contribution is -2.46. The van der Waals surface area contributed by atoms with E-state index < -0.39 is 27.7 Å². The lowest BCUT2D eigenvalue weighted by Gasteiger charge is -2.22. The Labute approximate surface area is 193 Å². The molecule has 1 heterocycles. The van der Waals surface area contributed by atoms with Gasteiger partial charge in [0.1, 0.15) is 17.4 Å². The maximum atomic E-state index is 13.0. The van der Waals surface area contributed by atoms with Crippen molar-refractivity contribution in [3.05, 3.63) is 70.1 Å². The van der Waals surface area contributed by atoms with Crippen LogP contribution in [0.1, 0.15) is 44.7 Å². The van der Waals surface area contributed by atoms with Crippen molar-refractivity contribution in [2.24, 2.45) is 5.92 Å². The molecular formula is C25H29NO6S. The molecule has 0 spiro atoms. The van der Waals surface area contributed by atoms with E-state index >= 15 is 0 Å². The van der Waals surface area contributed by atoms with Gasteiger partial charge in [-0.2, -0.15) is 4.72 Å². The SMILES string of the molecule is CCCc1cc(=O)oc2cc(OC(=O)[C@@H](NS(=O)(=O)c3ccc(C)cc3)[C@H](C)CC)ccc12. The lowest BCUT2D eigenvalue weighted by molar-refractivity contribution is -0.137. The van der Waals surface area contributed by atoms with E-state index in [1.54, 1.807) is 31.2 Å². The van der Waals surface area contributed by atoms with E-state index in [1.165, 1.54) is 24.3 Å². The molecule has 0 aliphatic rings. The van der Waals surface area contributed by atoms with Crippen LogP contribution in [0.3, 0.4) is 0 Å². The molecule has 1 N–H and O–H groups in total. The highest BCUT2D eigenvalue weighted by Gasteiger charge is 2.31. The number of rotatable bonds is 9. The Morgan fingerprint density at radius 3 is 2.42 bits per heavy atom. The summed E-state index contributed by atoms with van der Waals surface area (Å²) in [7, 11) is -3.93. The minimum atomic E-state index is -3.93. The summed E-state index contributed by atoms with van der Waals surface area (Å²) in [6.07, 6.45) is 2.15. The molecule has 176 valence electrons. The molecule has 0 radical (unpaired) electrons. The normalized spacial score (nSPS) is 13.6. The summed E-state index contributed by atoms with van der Waals surface area (Å²) in [5, 5.41) is 0.773. The van der Waals surface area contributed by atoms with Crippen molar-refractivity contribution in [2.75, 3.05) is 0 Å². The maximum absolute atomic E-state index is 13.0. The summed E-state index contributed by atoms with van der Waals surface area (Å²) >= 11 is 0. The number of carbonyl (C=O) groups excluding carboxylic acids is 1. The van der Waals surface area contributed by atoms with Gasteiger partial charge in [0.05, 0.1) is 4.90 Å². The van der Waals surface area contributed by atoms with Crippen LogP contribution in [0.15, 0.2) is 62.6 Å². The van der Waals surface area contributed by atoms with Gasteiger partial charge in [0, 0.05) is 17.5 Å². The van der Waals surface area contributed by atoms with Gasteiger partial charge in [-0.3, -0.25) is 0 Å². The molecule has 0 bridgehead atoms. The molecule has 3 aromatic rings. The zero-order chi connectivity index (χ0) is 24.2. The third-order valence-corrected chi connectivity index (χ3v) is 7.08. The number of sulfonamides is 1. The van der Waals surface area contributed by atoms with Gasteiger partial charge in [0.15, 0.2) is 0 Å². The summed E-state index contributed by atoms with van der Waals surface area (Å²) in [5.41, 5.74) is 1.64. The predicted molar refractivity (Wildman–Crippen MR) is 127 cm³/mol. The van der Waals surface area contributed by atoms with Crippen LogP contribution in [0, 0.1) is 12.8 Å². The summed E-state index contributed by atoms with van der Waals surface area (Å²) in [6, 6.07) is 11.6. The van der Waals surface area contributed by atoms with Gasteiger partial charge < -0.3 is 9.15 Å². The van der Waals surface area contributed by atoms with Gasteiger partial charge in [-0.15, -0.1) is 0 Å². The van der Waals surface area contributed by atoms with Gasteiger partial charge in [0.25, 0.3) is 0 Å². The fraction of sp³-hybridized carbons (Fsp3) is 0.360. The Hall–Kier alpha value is -2.97. The minimum absolute atomic E-state index is 0.0742. The number of hydrogen-bond acceptors (Lipinski definition) is 6. The van der Waals surface area contributed by atoms with E-state index in [-0.39, 0.29) is 16.6 Å². The third-order valence-electron chi connectivity index (χ3n) is 5.62. The molecule has 0 aliphatic heterocycles. The van der Waals surface area contributed by atoms with Crippen molar-refractivity contribution in [1.29, 1.82) is 0 Å². The molecule has 0 amide bonds. The molecule has 2 aromatic carbocycles. The van der Waals surface area contributed by atoms with E-state index in [2.05, 4.69) is 4.72 Å². The van der Waals surface area contributed by atoms with Crippen LogP contribution in [0.4, 0.5) is 0 Å². The standard InChI is InChI=1S/C25H29NO6S/c1-5-7-18-14-23(27)32-22-15-19(10-13-21(18)22)31-25(28)24(17(4)6-2)26-33(29,30)20-11-8-16(3)9-12-20/h8-15,17,24,26H,5-7H2,1-4H3/t17-,24+/m1/s1. The van der Waals surface area contributed by atoms with Crippen molar-refractivity contribution in [3.63, 3.8) is 0 Å². The molecule has 2 atom stereocenters. The summed E-state index contributed by atoms with van der Waals surface area (Å²) in [5.74, 6) is -0.870. The average Bonchev–Trinajstić information content (AvgIpc) is 2.77. The first-order valence-corrected chi connectivity index (χ1v) is 12.5. The van der Waals surface area contributed by atoms with E-state index in [4.69, 9.17) is 9.15 Å². The number of benzene rings is 2. The van der Waals surface area contributed by atoms with Crippen LogP contribution in [-0.2, 0) is 21.2 Å². The number of carbonyl (C=O) groups is 1. The second-order valence-corrected chi connectivity index (χ2v) is 9.93. The molecule has 0 unspecified atom stereocenters. The van der Waals surface area contributed by atoms with Crippen LogP contribution >= 0.6 is 0 Å². The van der Waals surface area contributed by atoms with Crippen molar-refractivity contribution in [2.45, 2.75) is 57.9 Å². The number of nitrogens with one attached hydrogen (secondary N) is 1. The zero-order valence-electron chi connectivity index (χ0n) is 19.3. The third kappa shape index (κ3) is 5.89. The number of esters is 1. The molecule has 1 aromatic heterocycles. The van der Waals surface area contributed by atoms with E-state index in [0.29, 0.717) is 12.0 Å². The first kappa shape index (κ1) is 24.7. The Morgan fingerprint density at radius 2 is 1.79 bits per heavy atom. The van der Waals surface area contributed by atoms with Crippen molar-refractivity contribution in [3.8, 4) is 5.75 Å². The lowest BCUT2D eigenvalue weighted by atomic mass is 10.0. The van der Waals surface area contributed by atoms with Crippen LogP contribution in [-0.4, -0.2) is 20.4 Å². The van der Waals surface area contributed by atoms with Gasteiger partial charge in [0.2, 0.25) is 10.0 Å². The van der Waals surface area contributed by atoms with Crippen molar-refractivity contribution >= 4 is 27.0 Å². The highest BCUT2D eigenvalue weighted by atomic mass is 32.2. The van der Waals surface area contributed by atoms with Gasteiger partial charge >= 0.3 is 11.6 Å². The first-order chi connectivity index (χ1) is 15.6. The number of fused-ring (bicyclic) bond motifs is 1. The smallest absolute Gasteiger partial charge is 0.336 e. The Balaban J connectivity index is 1.88. The Bertz CT molecular complexity index is 1290. The Morgan fingerprint density at radius 1 is 1.09 bits per heavy atom. The van der Waals surface area contributed by atoms with Gasteiger partial charge in [-0.25, -0.2) is 18.0 Å². The highest BCUT2D eigenvalue weighted by molar-refractivity contribution is 7.89. The molecule has 0 fully saturated rings. The summed E-state index contributed by atoms with van der Waals surface area (Å²) in [4.78, 5) is 25.0. The monoisotopic (exact) mass is 471 g/mol. The van der Waals surface area contributed by atoms with Crippen LogP contribution in [0.5, 0.6) is 5.75 Å². The number of aryl methyl sites for hydroxylation is 2. The van der Waals surface area contributed by atoms with E-state index in [9.17, 15) is 18.0 Å². The second-order valence-electron chi connectivity index (χ2n) is 8.22. The molecule has 0 saturated carbocycles.